The van der Waals surface area contributed by atoms with E-state index in [1.807, 2.05) is 0 Å². The Bertz CT molecular complexity index is 645. The van der Waals surface area contributed by atoms with Crippen molar-refractivity contribution >= 4 is 22.8 Å². The molecule has 3 rings (SSSR count). The van der Waals surface area contributed by atoms with E-state index in [0.29, 0.717) is 23.2 Å². The summed E-state index contributed by atoms with van der Waals surface area (Å²) in [6.07, 6.45) is 5.86. The molecule has 0 unspecified atom stereocenters. The number of fused-ring (bicyclic) bond motifs is 1. The maximum Gasteiger partial charge on any atom is 0.298 e. The molecule has 1 saturated carbocycles. The molecule has 6 heteroatoms. The van der Waals surface area contributed by atoms with Gasteiger partial charge in [0.1, 0.15) is 0 Å². The summed E-state index contributed by atoms with van der Waals surface area (Å²) in [6, 6.07) is 5.50. The maximum absolute atomic E-state index is 11.0. The fraction of sp³-hybridized carbons (Fsp3) is 0.533. The first kappa shape index (κ1) is 13.9. The van der Waals surface area contributed by atoms with Gasteiger partial charge in [-0.05, 0) is 37.7 Å². The predicted molar refractivity (Wildman–Crippen MR) is 80.3 cm³/mol. The van der Waals surface area contributed by atoms with Crippen LogP contribution in [0.25, 0.3) is 11.1 Å². The normalized spacial score (nSPS) is 22.3. The van der Waals surface area contributed by atoms with Crippen LogP contribution in [0.2, 0.25) is 0 Å². The topological polar surface area (TPSA) is 81.2 Å². The molecule has 1 aromatic carbocycles. The number of benzene rings is 1. The average Bonchev–Trinajstić information content (AvgIpc) is 2.89. The van der Waals surface area contributed by atoms with Crippen LogP contribution >= 0.6 is 0 Å². The Kier molecular flexibility index (Phi) is 3.77. The quantitative estimate of drug-likeness (QED) is 0.676. The Morgan fingerprint density at radius 1 is 1.38 bits per heavy atom. The van der Waals surface area contributed by atoms with Crippen molar-refractivity contribution in [3.63, 3.8) is 0 Å². The number of aromatic nitrogens is 1. The van der Waals surface area contributed by atoms with Gasteiger partial charge in [0, 0.05) is 12.1 Å². The summed E-state index contributed by atoms with van der Waals surface area (Å²) in [5.41, 5.74) is 0.750. The molecule has 0 spiro atoms. The smallest absolute Gasteiger partial charge is 0.298 e. The number of non-ortho nitro benzene ring substituents is 1. The van der Waals surface area contributed by atoms with Crippen molar-refractivity contribution in [1.29, 1.82) is 0 Å². The number of oxazole rings is 1. The summed E-state index contributed by atoms with van der Waals surface area (Å²) in [6.45, 7) is 2.23. The number of nitrogens with one attached hydrogen (secondary N) is 1. The summed E-state index contributed by atoms with van der Waals surface area (Å²) in [7, 11) is 0. The Morgan fingerprint density at radius 2 is 2.14 bits per heavy atom. The summed E-state index contributed by atoms with van der Waals surface area (Å²) >= 11 is 0. The standard InChI is InChI=1S/C15H19N3O3/c1-2-10-6-8-11(9-7-10)16-15-17-14-12(18(19)20)4-3-5-13(14)21-15/h3-5,10-11H,2,6-9H2,1H3,(H,16,17). The van der Waals surface area contributed by atoms with Gasteiger partial charge >= 0.3 is 0 Å². The third-order valence-corrected chi connectivity index (χ3v) is 4.35. The third kappa shape index (κ3) is 2.84. The molecule has 0 atom stereocenters. The van der Waals surface area contributed by atoms with Crippen LogP contribution in [0.15, 0.2) is 22.6 Å². The predicted octanol–water partition coefficient (Wildman–Crippen LogP) is 4.12. The van der Waals surface area contributed by atoms with Gasteiger partial charge in [0.15, 0.2) is 11.1 Å². The van der Waals surface area contributed by atoms with Crippen molar-refractivity contribution in [3.8, 4) is 0 Å². The first-order valence-electron chi connectivity index (χ1n) is 7.48. The molecule has 0 bridgehead atoms. The molecule has 1 aliphatic carbocycles. The highest BCUT2D eigenvalue weighted by atomic mass is 16.6. The molecule has 0 amide bonds. The van der Waals surface area contributed by atoms with Crippen molar-refractivity contribution in [3.05, 3.63) is 28.3 Å². The number of nitrogens with zero attached hydrogens (tertiary/aromatic N) is 2. The first-order valence-corrected chi connectivity index (χ1v) is 7.48. The monoisotopic (exact) mass is 289 g/mol. The number of nitro benzene ring substituents is 1. The molecule has 1 aliphatic rings. The number of rotatable bonds is 4. The van der Waals surface area contributed by atoms with Crippen LogP contribution in [-0.2, 0) is 0 Å². The van der Waals surface area contributed by atoms with Crippen LogP contribution in [0.5, 0.6) is 0 Å². The molecule has 112 valence electrons. The minimum Gasteiger partial charge on any atom is -0.423 e. The van der Waals surface area contributed by atoms with Gasteiger partial charge in [-0.25, -0.2) is 0 Å². The highest BCUT2D eigenvalue weighted by Crippen LogP contribution is 2.31. The lowest BCUT2D eigenvalue weighted by Crippen LogP contribution is -2.25. The highest BCUT2D eigenvalue weighted by Gasteiger charge is 2.22. The molecular formula is C15H19N3O3. The lowest BCUT2D eigenvalue weighted by atomic mass is 9.85. The van der Waals surface area contributed by atoms with Gasteiger partial charge in [-0.1, -0.05) is 19.4 Å². The maximum atomic E-state index is 11.0. The van der Waals surface area contributed by atoms with Crippen molar-refractivity contribution < 1.29 is 9.34 Å². The van der Waals surface area contributed by atoms with Gasteiger partial charge in [-0.15, -0.1) is 0 Å². The van der Waals surface area contributed by atoms with Gasteiger partial charge < -0.3 is 9.73 Å². The molecule has 0 saturated heterocycles. The highest BCUT2D eigenvalue weighted by molar-refractivity contribution is 5.84. The van der Waals surface area contributed by atoms with Crippen LogP contribution in [0, 0.1) is 16.0 Å². The van der Waals surface area contributed by atoms with Crippen LogP contribution in [-0.4, -0.2) is 15.9 Å². The summed E-state index contributed by atoms with van der Waals surface area (Å²) < 4.78 is 5.59. The van der Waals surface area contributed by atoms with E-state index in [1.165, 1.54) is 25.3 Å². The van der Waals surface area contributed by atoms with Gasteiger partial charge in [-0.2, -0.15) is 4.98 Å². The van der Waals surface area contributed by atoms with Crippen molar-refractivity contribution in [2.45, 2.75) is 45.1 Å². The van der Waals surface area contributed by atoms with Gasteiger partial charge in [0.05, 0.1) is 4.92 Å². The second-order valence-electron chi connectivity index (χ2n) is 5.67. The summed E-state index contributed by atoms with van der Waals surface area (Å²) in [4.78, 5) is 14.8. The van der Waals surface area contributed by atoms with E-state index in [0.717, 1.165) is 18.8 Å². The third-order valence-electron chi connectivity index (χ3n) is 4.35. The second kappa shape index (κ2) is 5.71. The van der Waals surface area contributed by atoms with E-state index in [2.05, 4.69) is 17.2 Å². The fourth-order valence-corrected chi connectivity index (χ4v) is 3.03. The molecule has 6 nitrogen and oxygen atoms in total. The van der Waals surface area contributed by atoms with Crippen molar-refractivity contribution in [1.82, 2.24) is 4.98 Å². The molecule has 21 heavy (non-hydrogen) atoms. The van der Waals surface area contributed by atoms with Crippen LogP contribution < -0.4 is 5.32 Å². The van der Waals surface area contributed by atoms with Crippen molar-refractivity contribution in [2.24, 2.45) is 5.92 Å². The van der Waals surface area contributed by atoms with E-state index in [9.17, 15) is 10.1 Å². The van der Waals surface area contributed by atoms with E-state index < -0.39 is 4.92 Å². The molecule has 1 heterocycles. The minimum absolute atomic E-state index is 0.0148. The zero-order valence-electron chi connectivity index (χ0n) is 12.0. The van der Waals surface area contributed by atoms with E-state index in [4.69, 9.17) is 4.42 Å². The van der Waals surface area contributed by atoms with Crippen LogP contribution in [0.1, 0.15) is 39.0 Å². The molecule has 1 aromatic heterocycles. The SMILES string of the molecule is CCC1CCC(Nc2nc3c([N+](=O)[O-])cccc3o2)CC1. The minimum atomic E-state index is -0.429. The Hall–Kier alpha value is -2.11. The van der Waals surface area contributed by atoms with Gasteiger partial charge in [0.25, 0.3) is 11.7 Å². The number of hydrogen-bond acceptors (Lipinski definition) is 5. The van der Waals surface area contributed by atoms with Crippen LogP contribution in [0.3, 0.4) is 0 Å². The van der Waals surface area contributed by atoms with Crippen molar-refractivity contribution in [2.75, 3.05) is 5.32 Å². The Labute approximate surface area is 122 Å². The van der Waals surface area contributed by atoms with Gasteiger partial charge in [-0.3, -0.25) is 10.1 Å². The molecule has 0 aliphatic heterocycles. The first-order chi connectivity index (χ1) is 10.2. The largest absolute Gasteiger partial charge is 0.423 e. The zero-order chi connectivity index (χ0) is 14.8. The van der Waals surface area contributed by atoms with E-state index >= 15 is 0 Å². The Morgan fingerprint density at radius 3 is 2.81 bits per heavy atom. The van der Waals surface area contributed by atoms with Crippen LogP contribution in [0.4, 0.5) is 11.7 Å². The average molecular weight is 289 g/mol. The molecule has 1 N–H and O–H groups in total. The molecule has 0 radical (unpaired) electrons. The summed E-state index contributed by atoms with van der Waals surface area (Å²) in [5, 5.41) is 14.3. The lowest BCUT2D eigenvalue weighted by Gasteiger charge is -2.27. The number of anilines is 1. The number of hydrogen-bond donors (Lipinski definition) is 1. The molecular weight excluding hydrogens is 270 g/mol. The number of para-hydroxylation sites is 1. The fourth-order valence-electron chi connectivity index (χ4n) is 3.03. The zero-order valence-corrected chi connectivity index (χ0v) is 12.0. The Balaban J connectivity index is 1.76. The second-order valence-corrected chi connectivity index (χ2v) is 5.67. The lowest BCUT2D eigenvalue weighted by molar-refractivity contribution is -0.383. The van der Waals surface area contributed by atoms with Gasteiger partial charge in [0.2, 0.25) is 0 Å². The summed E-state index contributed by atoms with van der Waals surface area (Å²) in [5.74, 6) is 0.827. The molecule has 1 fully saturated rings. The van der Waals surface area contributed by atoms with E-state index in [-0.39, 0.29) is 5.69 Å². The number of nitro groups is 1. The van der Waals surface area contributed by atoms with E-state index in [1.54, 1.807) is 12.1 Å². The molecule has 2 aromatic rings.